The van der Waals surface area contributed by atoms with Crippen molar-refractivity contribution >= 4 is 8.80 Å². The van der Waals surface area contributed by atoms with Gasteiger partial charge in [0.15, 0.2) is 0 Å². The van der Waals surface area contributed by atoms with Gasteiger partial charge in [0.1, 0.15) is 0 Å². The van der Waals surface area contributed by atoms with E-state index in [-0.39, 0.29) is 14.3 Å². The van der Waals surface area contributed by atoms with E-state index in [1.54, 1.807) is 0 Å². The molecule has 0 saturated carbocycles. The normalized spacial score (nSPS) is 10.2. The van der Waals surface area contributed by atoms with E-state index in [4.69, 9.17) is 5.73 Å². The Morgan fingerprint density at radius 2 is 1.38 bits per heavy atom. The van der Waals surface area contributed by atoms with Crippen LogP contribution in [-0.4, -0.2) is 53.5 Å². The zero-order valence-corrected chi connectivity index (χ0v) is 11.3. The van der Waals surface area contributed by atoms with Crippen molar-refractivity contribution in [2.45, 2.75) is 25.6 Å². The van der Waals surface area contributed by atoms with Gasteiger partial charge in [-0.1, -0.05) is 19.1 Å². The van der Waals surface area contributed by atoms with Gasteiger partial charge in [-0.3, -0.25) is 0 Å². The lowest BCUT2D eigenvalue weighted by molar-refractivity contribution is -0.849. The van der Waals surface area contributed by atoms with E-state index in [1.807, 2.05) is 0 Å². The number of rotatable bonds is 3. The van der Waals surface area contributed by atoms with Gasteiger partial charge in [-0.05, 0) is 13.0 Å². The molecule has 0 aromatic carbocycles. The Kier molecular flexibility index (Phi) is 14.7. The maximum atomic E-state index is 5.30. The van der Waals surface area contributed by atoms with Gasteiger partial charge in [-0.15, -0.1) is 0 Å². The van der Waals surface area contributed by atoms with Crippen LogP contribution in [0.15, 0.2) is 0 Å². The molecule has 0 amide bonds. The molecule has 0 saturated heterocycles. The first-order chi connectivity index (χ1) is 5.27. The maximum Gasteiger partial charge on any atom is 0.0675 e. The topological polar surface area (TPSA) is 56.0 Å². The summed E-state index contributed by atoms with van der Waals surface area (Å²) in [6.45, 7) is 5.59. The number of nitrogens with two attached hydrogens (primary N) is 1. The van der Waals surface area contributed by atoms with E-state index >= 15 is 0 Å². The summed E-state index contributed by atoms with van der Waals surface area (Å²) in [5.41, 5.74) is 5.30. The molecular weight excluding hydrogens is 180 g/mol. The van der Waals surface area contributed by atoms with E-state index in [0.29, 0.717) is 0 Å². The summed E-state index contributed by atoms with van der Waals surface area (Å²) in [6.07, 6.45) is 1.24. The molecule has 0 radical (unpaired) electrons. The van der Waals surface area contributed by atoms with Gasteiger partial charge in [-0.25, -0.2) is 0 Å². The molecule has 0 heterocycles. The van der Waals surface area contributed by atoms with Crippen LogP contribution in [0.25, 0.3) is 0 Å². The second-order valence-corrected chi connectivity index (χ2v) is 8.37. The van der Waals surface area contributed by atoms with Crippen LogP contribution in [0, 0.1) is 0 Å². The molecule has 0 bridgehead atoms. The highest BCUT2D eigenvalue weighted by atomic mass is 28.3. The molecular formula is C9H28N2OSi. The predicted octanol–water partition coefficient (Wildman–Crippen LogP) is 0.968. The van der Waals surface area contributed by atoms with Gasteiger partial charge in [0.25, 0.3) is 0 Å². The summed E-state index contributed by atoms with van der Waals surface area (Å²) in [5.74, 6) is 0. The lowest BCUT2D eigenvalue weighted by Crippen LogP contribution is -2.27. The molecule has 84 valence electrons. The van der Waals surface area contributed by atoms with E-state index in [1.165, 1.54) is 12.5 Å². The Hall–Kier alpha value is 0.0969. The smallest absolute Gasteiger partial charge is 0.0675 e. The third kappa shape index (κ3) is 73.5. The van der Waals surface area contributed by atoms with Gasteiger partial charge >= 0.3 is 0 Å². The lowest BCUT2D eigenvalue weighted by atomic mass is 10.5. The molecule has 3 N–H and O–H groups in total. The first-order valence-corrected chi connectivity index (χ1v) is 7.89. The summed E-state index contributed by atoms with van der Waals surface area (Å²) >= 11 is 0. The van der Waals surface area contributed by atoms with Crippen LogP contribution in [0.4, 0.5) is 0 Å². The minimum absolute atomic E-state index is 0. The molecule has 3 nitrogen and oxygen atoms in total. The highest BCUT2D eigenvalue weighted by Crippen LogP contribution is 1.92. The van der Waals surface area contributed by atoms with Crippen LogP contribution < -0.4 is 5.73 Å². The van der Waals surface area contributed by atoms with E-state index in [0.717, 1.165) is 11.0 Å². The zero-order valence-electron chi connectivity index (χ0n) is 10.2. The predicted molar refractivity (Wildman–Crippen MR) is 63.2 cm³/mol. The average Bonchev–Trinajstić information content (AvgIpc) is 1.79. The molecule has 0 rings (SSSR count). The summed E-state index contributed by atoms with van der Waals surface area (Å²) in [5, 5.41) is 0. The van der Waals surface area contributed by atoms with Crippen LogP contribution >= 0.6 is 0 Å². The van der Waals surface area contributed by atoms with Crippen molar-refractivity contribution < 1.29 is 9.96 Å². The molecule has 0 aromatic rings. The fraction of sp³-hybridized carbons (Fsp3) is 1.00. The molecule has 0 aliphatic heterocycles. The standard InChI is InChI=1S/C5H15NSi.C4H12N.H2O/c1-7(2)5-3-4-6;1-5(2,3)4;/h7H,3-6H2,1-2H3;1-4H3;1H2/q;+1;/p-1. The Morgan fingerprint density at radius 1 is 1.08 bits per heavy atom. The molecule has 0 unspecified atom stereocenters. The summed E-state index contributed by atoms with van der Waals surface area (Å²) in [6, 6.07) is 1.41. The summed E-state index contributed by atoms with van der Waals surface area (Å²) in [7, 11) is 8.23. The number of hydrogen-bond acceptors (Lipinski definition) is 2. The summed E-state index contributed by atoms with van der Waals surface area (Å²) < 4.78 is 1.00. The molecule has 0 atom stereocenters. The maximum absolute atomic E-state index is 5.30. The Morgan fingerprint density at radius 3 is 1.46 bits per heavy atom. The summed E-state index contributed by atoms with van der Waals surface area (Å²) in [4.78, 5) is 0. The highest BCUT2D eigenvalue weighted by Gasteiger charge is 1.91. The van der Waals surface area contributed by atoms with Gasteiger partial charge in [-0.2, -0.15) is 0 Å². The average molecular weight is 208 g/mol. The fourth-order valence-electron chi connectivity index (χ4n) is 0.526. The monoisotopic (exact) mass is 208 g/mol. The van der Waals surface area contributed by atoms with Crippen LogP contribution in [0.5, 0.6) is 0 Å². The number of hydrogen-bond donors (Lipinski definition) is 1. The first kappa shape index (κ1) is 18.8. The second-order valence-electron chi connectivity index (χ2n) is 5.01. The molecule has 0 aliphatic rings. The Bertz CT molecular complexity index is 86.1. The molecule has 0 aliphatic carbocycles. The van der Waals surface area contributed by atoms with Crippen molar-refractivity contribution in [1.29, 1.82) is 0 Å². The van der Waals surface area contributed by atoms with Crippen molar-refractivity contribution in [1.82, 2.24) is 0 Å². The molecule has 13 heavy (non-hydrogen) atoms. The third-order valence-electron chi connectivity index (χ3n) is 0.986. The lowest BCUT2D eigenvalue weighted by Gasteiger charge is -2.14. The van der Waals surface area contributed by atoms with Crippen LogP contribution in [-0.2, 0) is 0 Å². The minimum Gasteiger partial charge on any atom is -0.870 e. The largest absolute Gasteiger partial charge is 0.870 e. The van der Waals surface area contributed by atoms with Crippen molar-refractivity contribution in [3.63, 3.8) is 0 Å². The zero-order chi connectivity index (χ0) is 10.2. The second kappa shape index (κ2) is 10.2. The van der Waals surface area contributed by atoms with E-state index in [9.17, 15) is 0 Å². The number of quaternary nitrogens is 1. The first-order valence-electron chi connectivity index (χ1n) is 4.76. The minimum atomic E-state index is -0.268. The van der Waals surface area contributed by atoms with Crippen LogP contribution in [0.2, 0.25) is 19.1 Å². The van der Waals surface area contributed by atoms with Gasteiger partial charge in [0.2, 0.25) is 0 Å². The van der Waals surface area contributed by atoms with E-state index < -0.39 is 0 Å². The highest BCUT2D eigenvalue weighted by molar-refractivity contribution is 6.55. The fourth-order valence-corrected chi connectivity index (χ4v) is 1.58. The Balaban J connectivity index is -0.000000150. The van der Waals surface area contributed by atoms with Crippen LogP contribution in [0.1, 0.15) is 6.42 Å². The van der Waals surface area contributed by atoms with E-state index in [2.05, 4.69) is 41.3 Å². The molecule has 0 spiro atoms. The molecule has 4 heteroatoms. The molecule has 0 aromatic heterocycles. The Labute approximate surface area is 85.4 Å². The van der Waals surface area contributed by atoms with Gasteiger partial charge in [0, 0.05) is 8.80 Å². The number of nitrogens with zero attached hydrogens (tertiary/aromatic N) is 1. The quantitative estimate of drug-likeness (QED) is 0.555. The van der Waals surface area contributed by atoms with Gasteiger partial charge < -0.3 is 15.7 Å². The van der Waals surface area contributed by atoms with Gasteiger partial charge in [0.05, 0.1) is 28.2 Å². The SMILES string of the molecule is C[N+](C)(C)C.C[SiH](C)CCCN.[OH-]. The van der Waals surface area contributed by atoms with Crippen molar-refractivity contribution in [2.75, 3.05) is 34.7 Å². The third-order valence-corrected chi connectivity index (χ3v) is 2.55. The molecule has 0 fully saturated rings. The van der Waals surface area contributed by atoms with Crippen molar-refractivity contribution in [3.05, 3.63) is 0 Å². The van der Waals surface area contributed by atoms with Crippen molar-refractivity contribution in [3.8, 4) is 0 Å². The van der Waals surface area contributed by atoms with Crippen molar-refractivity contribution in [2.24, 2.45) is 5.73 Å². The van der Waals surface area contributed by atoms with Crippen LogP contribution in [0.3, 0.4) is 0 Å².